The lowest BCUT2D eigenvalue weighted by atomic mass is 9.80. The summed E-state index contributed by atoms with van der Waals surface area (Å²) >= 11 is 0. The minimum absolute atomic E-state index is 0.0825. The Hall–Kier alpha value is -2.59. The number of aromatic nitrogens is 2. The summed E-state index contributed by atoms with van der Waals surface area (Å²) in [6, 6.07) is 7.16. The van der Waals surface area contributed by atoms with E-state index in [0.717, 1.165) is 69.8 Å². The molecule has 0 bridgehead atoms. The van der Waals surface area contributed by atoms with Crippen LogP contribution in [0.25, 0.3) is 0 Å². The van der Waals surface area contributed by atoms with E-state index in [-0.39, 0.29) is 23.5 Å². The number of hydrogen-bond donors (Lipinski definition) is 1. The Kier molecular flexibility index (Phi) is 9.59. The van der Waals surface area contributed by atoms with Crippen molar-refractivity contribution in [3.8, 4) is 0 Å². The molecule has 1 saturated carbocycles. The van der Waals surface area contributed by atoms with Gasteiger partial charge in [-0.05, 0) is 86.7 Å². The quantitative estimate of drug-likeness (QED) is 0.330. The fourth-order valence-electron chi connectivity index (χ4n) is 6.92. The number of carbonyl (C=O) groups is 1. The van der Waals surface area contributed by atoms with Gasteiger partial charge in [0.1, 0.15) is 23.4 Å². The van der Waals surface area contributed by atoms with Crippen molar-refractivity contribution in [1.82, 2.24) is 19.8 Å². The molecule has 224 valence electrons. The van der Waals surface area contributed by atoms with E-state index in [9.17, 15) is 27.5 Å². The van der Waals surface area contributed by atoms with Crippen molar-refractivity contribution in [3.63, 3.8) is 0 Å². The van der Waals surface area contributed by atoms with Gasteiger partial charge in [-0.2, -0.15) is 13.2 Å². The molecule has 0 radical (unpaired) electrons. The van der Waals surface area contributed by atoms with Crippen LogP contribution < -0.4 is 0 Å². The van der Waals surface area contributed by atoms with Gasteiger partial charge in [-0.15, -0.1) is 0 Å². The van der Waals surface area contributed by atoms with Crippen LogP contribution in [0.4, 0.5) is 17.6 Å². The number of benzene rings is 1. The normalized spacial score (nSPS) is 23.9. The number of rotatable bonds is 11. The first kappa shape index (κ1) is 29.9. The van der Waals surface area contributed by atoms with Gasteiger partial charge < -0.3 is 10.0 Å². The van der Waals surface area contributed by atoms with E-state index in [1.165, 1.54) is 18.7 Å². The van der Waals surface area contributed by atoms with E-state index in [1.807, 2.05) is 6.07 Å². The molecule has 1 aromatic carbocycles. The molecule has 3 heterocycles. The first-order valence-electron chi connectivity index (χ1n) is 15.0. The van der Waals surface area contributed by atoms with Crippen LogP contribution in [0.1, 0.15) is 74.4 Å². The SMILES string of the molecule is O=C(O)[C@@H](CC1CCC1)N1C[C@H](CN2CCC(CCCc3nccc(C(F)(F)F)n3)CC2)[C@@H](c2cccc(F)c2)C1. The molecule has 1 N–H and O–H groups in total. The molecule has 0 amide bonds. The van der Waals surface area contributed by atoms with Crippen molar-refractivity contribution in [1.29, 1.82) is 0 Å². The van der Waals surface area contributed by atoms with Gasteiger partial charge in [0.2, 0.25) is 0 Å². The predicted molar refractivity (Wildman–Crippen MR) is 147 cm³/mol. The number of aliphatic carboxylic acids is 1. The lowest BCUT2D eigenvalue weighted by molar-refractivity contribution is -0.144. The highest BCUT2D eigenvalue weighted by atomic mass is 19.4. The highest BCUT2D eigenvalue weighted by Gasteiger charge is 2.41. The van der Waals surface area contributed by atoms with Crippen molar-refractivity contribution in [2.24, 2.45) is 17.8 Å². The van der Waals surface area contributed by atoms with Crippen LogP contribution in [0.3, 0.4) is 0 Å². The number of aryl methyl sites for hydroxylation is 1. The zero-order valence-electron chi connectivity index (χ0n) is 23.4. The molecule has 2 aliphatic heterocycles. The minimum Gasteiger partial charge on any atom is -0.480 e. The van der Waals surface area contributed by atoms with Crippen LogP contribution in [-0.2, 0) is 17.4 Å². The number of halogens is 4. The Balaban J connectivity index is 1.15. The third-order valence-electron chi connectivity index (χ3n) is 9.46. The van der Waals surface area contributed by atoms with E-state index in [4.69, 9.17) is 0 Å². The van der Waals surface area contributed by atoms with Gasteiger partial charge in [0.05, 0.1) is 0 Å². The predicted octanol–water partition coefficient (Wildman–Crippen LogP) is 6.03. The zero-order valence-corrected chi connectivity index (χ0v) is 23.4. The van der Waals surface area contributed by atoms with Crippen LogP contribution >= 0.6 is 0 Å². The second-order valence-corrected chi connectivity index (χ2v) is 12.3. The number of nitrogens with zero attached hydrogens (tertiary/aromatic N) is 4. The summed E-state index contributed by atoms with van der Waals surface area (Å²) in [5.74, 6) is 0.515. The average molecular weight is 577 g/mol. The molecule has 3 aliphatic rings. The molecule has 3 fully saturated rings. The van der Waals surface area contributed by atoms with E-state index in [0.29, 0.717) is 37.8 Å². The highest BCUT2D eigenvalue weighted by Crippen LogP contribution is 2.38. The summed E-state index contributed by atoms with van der Waals surface area (Å²) in [4.78, 5) is 24.5. The third-order valence-corrected chi connectivity index (χ3v) is 9.46. The largest absolute Gasteiger partial charge is 0.480 e. The van der Waals surface area contributed by atoms with Gasteiger partial charge in [-0.3, -0.25) is 9.69 Å². The summed E-state index contributed by atoms with van der Waals surface area (Å²) in [5, 5.41) is 10.1. The molecular formula is C31H40F4N4O2. The smallest absolute Gasteiger partial charge is 0.433 e. The molecule has 0 unspecified atom stereocenters. The molecule has 5 rings (SSSR count). The first-order valence-corrected chi connectivity index (χ1v) is 15.0. The summed E-state index contributed by atoms with van der Waals surface area (Å²) in [6.07, 6.45) is 4.95. The second kappa shape index (κ2) is 13.2. The Morgan fingerprint density at radius 1 is 1.07 bits per heavy atom. The number of alkyl halides is 3. The zero-order chi connectivity index (χ0) is 29.0. The first-order chi connectivity index (χ1) is 19.7. The van der Waals surface area contributed by atoms with Gasteiger partial charge in [0, 0.05) is 38.2 Å². The lowest BCUT2D eigenvalue weighted by Gasteiger charge is -2.35. The van der Waals surface area contributed by atoms with Gasteiger partial charge in [-0.25, -0.2) is 14.4 Å². The molecule has 10 heteroatoms. The molecule has 3 atom stereocenters. The summed E-state index contributed by atoms with van der Waals surface area (Å²) in [6.45, 7) is 4.04. The Bertz CT molecular complexity index is 1170. The molecule has 6 nitrogen and oxygen atoms in total. The fourth-order valence-corrected chi connectivity index (χ4v) is 6.92. The van der Waals surface area contributed by atoms with Crippen molar-refractivity contribution < 1.29 is 27.5 Å². The summed E-state index contributed by atoms with van der Waals surface area (Å²) < 4.78 is 52.9. The van der Waals surface area contributed by atoms with E-state index in [2.05, 4.69) is 19.8 Å². The molecule has 2 aromatic rings. The van der Waals surface area contributed by atoms with Crippen LogP contribution in [0.5, 0.6) is 0 Å². The topological polar surface area (TPSA) is 69.6 Å². The Labute approximate surface area is 239 Å². The fraction of sp³-hybridized carbons (Fsp3) is 0.645. The van der Waals surface area contributed by atoms with Crippen LogP contribution in [0.15, 0.2) is 36.5 Å². The Morgan fingerprint density at radius 2 is 1.85 bits per heavy atom. The maximum Gasteiger partial charge on any atom is 0.433 e. The van der Waals surface area contributed by atoms with E-state index in [1.54, 1.807) is 12.1 Å². The van der Waals surface area contributed by atoms with Crippen molar-refractivity contribution in [2.45, 2.75) is 75.9 Å². The maximum atomic E-state index is 14.2. The number of carboxylic acid groups (broad SMARTS) is 1. The average Bonchev–Trinajstić information content (AvgIpc) is 3.31. The molecular weight excluding hydrogens is 536 g/mol. The van der Waals surface area contributed by atoms with Crippen molar-refractivity contribution in [3.05, 3.63) is 59.4 Å². The molecule has 41 heavy (non-hydrogen) atoms. The van der Waals surface area contributed by atoms with Crippen LogP contribution in [0, 0.1) is 23.6 Å². The van der Waals surface area contributed by atoms with Gasteiger partial charge in [-0.1, -0.05) is 31.4 Å². The monoisotopic (exact) mass is 576 g/mol. The summed E-state index contributed by atoms with van der Waals surface area (Å²) in [7, 11) is 0. The van der Waals surface area contributed by atoms with E-state index < -0.39 is 23.9 Å². The van der Waals surface area contributed by atoms with Crippen LogP contribution in [0.2, 0.25) is 0 Å². The van der Waals surface area contributed by atoms with E-state index >= 15 is 0 Å². The maximum absolute atomic E-state index is 14.2. The number of carboxylic acids is 1. The molecule has 1 aliphatic carbocycles. The van der Waals surface area contributed by atoms with Crippen LogP contribution in [-0.4, -0.2) is 69.6 Å². The van der Waals surface area contributed by atoms with Crippen molar-refractivity contribution >= 4 is 5.97 Å². The number of hydrogen-bond acceptors (Lipinski definition) is 5. The highest BCUT2D eigenvalue weighted by molar-refractivity contribution is 5.73. The van der Waals surface area contributed by atoms with Gasteiger partial charge in [0.25, 0.3) is 0 Å². The number of piperidine rings is 1. The standard InChI is InChI=1S/C31H40F4N4O2/c32-25-8-3-7-23(17-25)26-20-39(27(30(40)41)16-22-5-1-6-22)19-24(26)18-38-14-11-21(12-15-38)4-2-9-29-36-13-10-28(37-29)31(33,34)35/h3,7-8,10,13,17,21-22,24,26-27H,1-2,4-6,9,11-12,14-16,18-20H2,(H,40,41)/t24-,26+,27+/m0/s1. The molecule has 2 saturated heterocycles. The van der Waals surface area contributed by atoms with Gasteiger partial charge >= 0.3 is 12.1 Å². The molecule has 1 aromatic heterocycles. The summed E-state index contributed by atoms with van der Waals surface area (Å²) in [5.41, 5.74) is 0.0486. The number of likely N-dealkylation sites (tertiary alicyclic amines) is 2. The minimum atomic E-state index is -4.46. The third kappa shape index (κ3) is 7.83. The lowest BCUT2D eigenvalue weighted by Crippen LogP contribution is -2.43. The Morgan fingerprint density at radius 3 is 2.51 bits per heavy atom. The second-order valence-electron chi connectivity index (χ2n) is 12.3. The molecule has 0 spiro atoms. The van der Waals surface area contributed by atoms with Gasteiger partial charge in [0.15, 0.2) is 0 Å². The van der Waals surface area contributed by atoms with Crippen molar-refractivity contribution in [2.75, 3.05) is 32.7 Å².